The maximum Gasteiger partial charge on any atom is 0.160 e. The van der Waals surface area contributed by atoms with E-state index in [-0.39, 0.29) is 12.5 Å². The zero-order valence-electron chi connectivity index (χ0n) is 9.92. The van der Waals surface area contributed by atoms with Gasteiger partial charge in [-0.3, -0.25) is 0 Å². The Balaban J connectivity index is 2.43. The molecule has 1 fully saturated rings. The molecule has 0 aromatic heterocycles. The average molecular weight is 241 g/mol. The molecule has 0 aliphatic carbocycles. The van der Waals surface area contributed by atoms with Gasteiger partial charge in [-0.1, -0.05) is 6.92 Å². The fourth-order valence-corrected chi connectivity index (χ4v) is 2.28. The fourth-order valence-electron chi connectivity index (χ4n) is 2.28. The smallest absolute Gasteiger partial charge is 0.160 e. The van der Waals surface area contributed by atoms with Gasteiger partial charge < -0.3 is 10.0 Å². The SMILES string of the molecule is CC(CO)c1cc(F)c(F)cc1N1CCCC1. The first-order valence-electron chi connectivity index (χ1n) is 5.98. The third-order valence-electron chi connectivity index (χ3n) is 3.32. The van der Waals surface area contributed by atoms with Gasteiger partial charge in [0.15, 0.2) is 11.6 Å². The predicted octanol–water partition coefficient (Wildman–Crippen LogP) is 2.66. The van der Waals surface area contributed by atoms with Crippen LogP contribution in [-0.2, 0) is 0 Å². The van der Waals surface area contributed by atoms with Crippen molar-refractivity contribution >= 4 is 5.69 Å². The standard InChI is InChI=1S/C13H17F2NO/c1-9(8-17)10-6-11(14)12(15)7-13(10)16-4-2-3-5-16/h6-7,9,17H,2-5,8H2,1H3. The first-order valence-corrected chi connectivity index (χ1v) is 5.98. The molecule has 1 saturated heterocycles. The van der Waals surface area contributed by atoms with Gasteiger partial charge in [-0.15, -0.1) is 0 Å². The Morgan fingerprint density at radius 1 is 1.24 bits per heavy atom. The van der Waals surface area contributed by atoms with Gasteiger partial charge in [0.05, 0.1) is 0 Å². The lowest BCUT2D eigenvalue weighted by Crippen LogP contribution is -2.21. The first-order chi connectivity index (χ1) is 8.13. The molecule has 94 valence electrons. The minimum atomic E-state index is -0.844. The molecule has 1 N–H and O–H groups in total. The molecule has 0 spiro atoms. The van der Waals surface area contributed by atoms with Gasteiger partial charge >= 0.3 is 0 Å². The molecule has 1 aromatic carbocycles. The second-order valence-electron chi connectivity index (χ2n) is 4.60. The van der Waals surface area contributed by atoms with E-state index in [9.17, 15) is 13.9 Å². The largest absolute Gasteiger partial charge is 0.396 e. The van der Waals surface area contributed by atoms with Gasteiger partial charge in [0.25, 0.3) is 0 Å². The van der Waals surface area contributed by atoms with Gasteiger partial charge in [-0.2, -0.15) is 0 Å². The van der Waals surface area contributed by atoms with Crippen LogP contribution >= 0.6 is 0 Å². The lowest BCUT2D eigenvalue weighted by atomic mass is 9.99. The quantitative estimate of drug-likeness (QED) is 0.879. The minimum absolute atomic E-state index is 0.0636. The summed E-state index contributed by atoms with van der Waals surface area (Å²) in [4.78, 5) is 2.06. The highest BCUT2D eigenvalue weighted by molar-refractivity contribution is 5.56. The summed E-state index contributed by atoms with van der Waals surface area (Å²) >= 11 is 0. The molecule has 0 saturated carbocycles. The van der Waals surface area contributed by atoms with Crippen LogP contribution in [0.3, 0.4) is 0 Å². The Morgan fingerprint density at radius 2 is 1.82 bits per heavy atom. The molecule has 4 heteroatoms. The van der Waals surface area contributed by atoms with E-state index in [4.69, 9.17) is 0 Å². The summed E-state index contributed by atoms with van der Waals surface area (Å²) in [6, 6.07) is 2.46. The number of hydrogen-bond acceptors (Lipinski definition) is 2. The Hall–Kier alpha value is -1.16. The number of benzene rings is 1. The Morgan fingerprint density at radius 3 is 2.41 bits per heavy atom. The number of aliphatic hydroxyl groups is 1. The van der Waals surface area contributed by atoms with Crippen molar-refractivity contribution in [1.29, 1.82) is 0 Å². The number of rotatable bonds is 3. The van der Waals surface area contributed by atoms with E-state index in [0.29, 0.717) is 5.56 Å². The maximum atomic E-state index is 13.3. The van der Waals surface area contributed by atoms with E-state index in [1.807, 2.05) is 6.92 Å². The van der Waals surface area contributed by atoms with E-state index >= 15 is 0 Å². The van der Waals surface area contributed by atoms with Crippen LogP contribution in [0.5, 0.6) is 0 Å². The Bertz CT molecular complexity index is 403. The molecule has 2 rings (SSSR count). The molecule has 1 atom stereocenters. The molecule has 0 radical (unpaired) electrons. The summed E-state index contributed by atoms with van der Waals surface area (Å²) in [5.74, 6) is -1.84. The van der Waals surface area contributed by atoms with E-state index < -0.39 is 11.6 Å². The number of halogens is 2. The number of hydrogen-bond donors (Lipinski definition) is 1. The number of anilines is 1. The lowest BCUT2D eigenvalue weighted by molar-refractivity contribution is 0.273. The summed E-state index contributed by atoms with van der Waals surface area (Å²) in [6.07, 6.45) is 2.15. The Labute approximate surface area is 99.9 Å². The monoisotopic (exact) mass is 241 g/mol. The van der Waals surface area contributed by atoms with Gasteiger partial charge in [-0.05, 0) is 24.5 Å². The van der Waals surface area contributed by atoms with E-state index in [1.165, 1.54) is 12.1 Å². The highest BCUT2D eigenvalue weighted by Gasteiger charge is 2.21. The molecule has 1 aromatic rings. The van der Waals surface area contributed by atoms with Crippen molar-refractivity contribution in [3.63, 3.8) is 0 Å². The van der Waals surface area contributed by atoms with E-state index in [0.717, 1.165) is 31.6 Å². The normalized spacial score (nSPS) is 17.5. The molecule has 1 aliphatic rings. The van der Waals surface area contributed by atoms with Crippen molar-refractivity contribution in [1.82, 2.24) is 0 Å². The van der Waals surface area contributed by atoms with Crippen molar-refractivity contribution in [2.75, 3.05) is 24.6 Å². The molecule has 1 aliphatic heterocycles. The molecule has 0 amide bonds. The van der Waals surface area contributed by atoms with Crippen LogP contribution in [0.4, 0.5) is 14.5 Å². The highest BCUT2D eigenvalue weighted by Crippen LogP contribution is 2.32. The third kappa shape index (κ3) is 2.41. The van der Waals surface area contributed by atoms with Crippen LogP contribution in [0, 0.1) is 11.6 Å². The second kappa shape index (κ2) is 5.00. The van der Waals surface area contributed by atoms with E-state index in [2.05, 4.69) is 4.90 Å². The molecule has 1 heterocycles. The van der Waals surface area contributed by atoms with Crippen LogP contribution in [0.1, 0.15) is 31.2 Å². The highest BCUT2D eigenvalue weighted by atomic mass is 19.2. The summed E-state index contributed by atoms with van der Waals surface area (Å²) in [5.41, 5.74) is 1.41. The molecular formula is C13H17F2NO. The molecule has 1 unspecified atom stereocenters. The summed E-state index contributed by atoms with van der Waals surface area (Å²) in [7, 11) is 0. The summed E-state index contributed by atoms with van der Waals surface area (Å²) in [5, 5.41) is 9.18. The summed E-state index contributed by atoms with van der Waals surface area (Å²) < 4.78 is 26.6. The van der Waals surface area contributed by atoms with Gasteiger partial charge in [0.2, 0.25) is 0 Å². The molecule has 0 bridgehead atoms. The van der Waals surface area contributed by atoms with Crippen LogP contribution in [0.15, 0.2) is 12.1 Å². The van der Waals surface area contributed by atoms with Crippen LogP contribution in [0.25, 0.3) is 0 Å². The van der Waals surface area contributed by atoms with Gasteiger partial charge in [0.1, 0.15) is 0 Å². The molecule has 17 heavy (non-hydrogen) atoms. The van der Waals surface area contributed by atoms with Crippen molar-refractivity contribution < 1.29 is 13.9 Å². The minimum Gasteiger partial charge on any atom is -0.396 e. The molecule has 2 nitrogen and oxygen atoms in total. The second-order valence-corrected chi connectivity index (χ2v) is 4.60. The van der Waals surface area contributed by atoms with Gasteiger partial charge in [-0.25, -0.2) is 8.78 Å². The fraction of sp³-hybridized carbons (Fsp3) is 0.538. The first kappa shape index (κ1) is 12.3. The third-order valence-corrected chi connectivity index (χ3v) is 3.32. The van der Waals surface area contributed by atoms with Crippen LogP contribution in [0.2, 0.25) is 0 Å². The Kier molecular flexibility index (Phi) is 3.62. The lowest BCUT2D eigenvalue weighted by Gasteiger charge is -2.24. The van der Waals surface area contributed by atoms with E-state index in [1.54, 1.807) is 0 Å². The van der Waals surface area contributed by atoms with Crippen molar-refractivity contribution in [2.45, 2.75) is 25.7 Å². The predicted molar refractivity (Wildman–Crippen MR) is 63.3 cm³/mol. The van der Waals surface area contributed by atoms with Crippen molar-refractivity contribution in [2.24, 2.45) is 0 Å². The topological polar surface area (TPSA) is 23.5 Å². The number of aliphatic hydroxyl groups excluding tert-OH is 1. The van der Waals surface area contributed by atoms with Gasteiger partial charge in [0, 0.05) is 37.4 Å². The maximum absolute atomic E-state index is 13.3. The van der Waals surface area contributed by atoms with Crippen molar-refractivity contribution in [3.05, 3.63) is 29.3 Å². The average Bonchev–Trinajstić information content (AvgIpc) is 2.84. The van der Waals surface area contributed by atoms with Crippen LogP contribution in [-0.4, -0.2) is 24.8 Å². The zero-order chi connectivity index (χ0) is 12.4. The van der Waals surface area contributed by atoms with Crippen molar-refractivity contribution in [3.8, 4) is 0 Å². The zero-order valence-corrected chi connectivity index (χ0v) is 9.92. The number of nitrogens with zero attached hydrogens (tertiary/aromatic N) is 1. The molecular weight excluding hydrogens is 224 g/mol. The van der Waals surface area contributed by atoms with Crippen LogP contribution < -0.4 is 4.90 Å². The summed E-state index contributed by atoms with van der Waals surface area (Å²) in [6.45, 7) is 3.49.